The molecule has 0 amide bonds. The first-order valence-corrected chi connectivity index (χ1v) is 36.2. The summed E-state index contributed by atoms with van der Waals surface area (Å²) in [6, 6.07) is 0. The van der Waals surface area contributed by atoms with Crippen LogP contribution in [0.2, 0.25) is 0 Å². The lowest BCUT2D eigenvalue weighted by Crippen LogP contribution is -2.30. The Morgan fingerprint density at radius 3 is 0.633 bits per heavy atom. The molecule has 0 aliphatic rings. The van der Waals surface area contributed by atoms with E-state index in [0.717, 1.165) is 57.8 Å². The molecular weight excluding hydrogens is 973 g/mol. The molecule has 0 aromatic rings. The van der Waals surface area contributed by atoms with Crippen LogP contribution in [-0.4, -0.2) is 37.2 Å². The van der Waals surface area contributed by atoms with Crippen LogP contribution >= 0.6 is 0 Å². The van der Waals surface area contributed by atoms with E-state index >= 15 is 0 Å². The molecule has 0 heterocycles. The van der Waals surface area contributed by atoms with E-state index in [9.17, 15) is 14.4 Å². The van der Waals surface area contributed by atoms with Gasteiger partial charge in [-0.25, -0.2) is 0 Å². The third-order valence-electron chi connectivity index (χ3n) is 16.8. The minimum absolute atomic E-state index is 0.0639. The Bertz CT molecular complexity index is 1230. The van der Waals surface area contributed by atoms with Crippen molar-refractivity contribution in [3.8, 4) is 0 Å². The highest BCUT2D eigenvalue weighted by atomic mass is 16.6. The maximum absolute atomic E-state index is 12.9. The second-order valence-corrected chi connectivity index (χ2v) is 24.9. The molecule has 0 saturated carbocycles. The van der Waals surface area contributed by atoms with Gasteiger partial charge in [0.1, 0.15) is 13.2 Å². The summed E-state index contributed by atoms with van der Waals surface area (Å²) in [4.78, 5) is 38.4. The average Bonchev–Trinajstić information content (AvgIpc) is 3.45. The van der Waals surface area contributed by atoms with Crippen molar-refractivity contribution in [3.05, 3.63) is 12.2 Å². The summed E-state index contributed by atoms with van der Waals surface area (Å²) in [7, 11) is 0. The van der Waals surface area contributed by atoms with E-state index in [4.69, 9.17) is 14.2 Å². The van der Waals surface area contributed by atoms with Crippen molar-refractivity contribution in [2.24, 2.45) is 0 Å². The molecule has 79 heavy (non-hydrogen) atoms. The van der Waals surface area contributed by atoms with E-state index < -0.39 is 6.10 Å². The minimum atomic E-state index is -0.767. The second kappa shape index (κ2) is 68.6. The van der Waals surface area contributed by atoms with Crippen LogP contribution < -0.4 is 0 Å². The van der Waals surface area contributed by atoms with Gasteiger partial charge < -0.3 is 14.2 Å². The Kier molecular flexibility index (Phi) is 67.0. The number of hydrogen-bond donors (Lipinski definition) is 0. The molecule has 0 spiro atoms. The summed E-state index contributed by atoms with van der Waals surface area (Å²) in [6.07, 6.45) is 82.6. The average molecular weight is 1110 g/mol. The van der Waals surface area contributed by atoms with E-state index in [2.05, 4.69) is 32.9 Å². The van der Waals surface area contributed by atoms with Gasteiger partial charge in [0, 0.05) is 19.3 Å². The number of carbonyl (C=O) groups is 3. The molecule has 6 nitrogen and oxygen atoms in total. The van der Waals surface area contributed by atoms with Crippen molar-refractivity contribution in [3.63, 3.8) is 0 Å². The van der Waals surface area contributed by atoms with Gasteiger partial charge in [-0.15, -0.1) is 0 Å². The number of allylic oxidation sites excluding steroid dienone is 2. The molecule has 0 fully saturated rings. The molecule has 1 atom stereocenters. The van der Waals surface area contributed by atoms with Crippen molar-refractivity contribution in [2.45, 2.75) is 425 Å². The fraction of sp³-hybridized carbons (Fsp3) is 0.932. The smallest absolute Gasteiger partial charge is 0.306 e. The highest BCUT2D eigenvalue weighted by molar-refractivity contribution is 5.71. The number of ether oxygens (including phenoxy) is 3. The standard InChI is InChI=1S/C73H140O6/c1-4-7-10-13-16-19-22-25-27-29-31-33-34-35-36-37-38-39-41-42-44-46-48-51-54-57-60-63-66-72(75)78-69-70(68-77-71(74)65-62-59-56-53-50-24-21-18-15-12-9-6-3)79-73(76)67-64-61-58-55-52-49-47-45-43-40-32-30-28-26-23-20-17-14-11-8-5-2/h30,32,70H,4-29,31,33-69H2,1-3H3/b32-30-. The van der Waals surface area contributed by atoms with Gasteiger partial charge in [-0.2, -0.15) is 0 Å². The number of unbranched alkanes of at least 4 members (excludes halogenated alkanes) is 55. The van der Waals surface area contributed by atoms with Crippen LogP contribution in [0, 0.1) is 0 Å². The summed E-state index contributed by atoms with van der Waals surface area (Å²) in [5.41, 5.74) is 0. The van der Waals surface area contributed by atoms with Crippen LogP contribution in [0.5, 0.6) is 0 Å². The fourth-order valence-corrected chi connectivity index (χ4v) is 11.3. The van der Waals surface area contributed by atoms with Gasteiger partial charge in [0.25, 0.3) is 0 Å². The Labute approximate surface area is 494 Å². The first-order valence-electron chi connectivity index (χ1n) is 36.2. The largest absolute Gasteiger partial charge is 0.462 e. The summed E-state index contributed by atoms with van der Waals surface area (Å²) in [6.45, 7) is 6.72. The zero-order chi connectivity index (χ0) is 57.1. The van der Waals surface area contributed by atoms with Crippen molar-refractivity contribution < 1.29 is 28.6 Å². The van der Waals surface area contributed by atoms with E-state index in [1.807, 2.05) is 0 Å². The molecule has 0 rings (SSSR count). The van der Waals surface area contributed by atoms with Crippen LogP contribution in [0.3, 0.4) is 0 Å². The summed E-state index contributed by atoms with van der Waals surface area (Å²) >= 11 is 0. The monoisotopic (exact) mass is 1110 g/mol. The normalized spacial score (nSPS) is 12.0. The van der Waals surface area contributed by atoms with Gasteiger partial charge in [0.05, 0.1) is 0 Å². The van der Waals surface area contributed by atoms with Crippen molar-refractivity contribution >= 4 is 17.9 Å². The molecule has 1 unspecified atom stereocenters. The van der Waals surface area contributed by atoms with Gasteiger partial charge in [0.15, 0.2) is 6.10 Å². The first-order chi connectivity index (χ1) is 39.0. The van der Waals surface area contributed by atoms with Gasteiger partial charge in [0.2, 0.25) is 0 Å². The molecule has 0 radical (unpaired) electrons. The Morgan fingerprint density at radius 2 is 0.418 bits per heavy atom. The highest BCUT2D eigenvalue weighted by Gasteiger charge is 2.19. The van der Waals surface area contributed by atoms with Gasteiger partial charge in [-0.05, 0) is 44.9 Å². The molecule has 0 N–H and O–H groups in total. The van der Waals surface area contributed by atoms with Crippen LogP contribution in [0.25, 0.3) is 0 Å². The maximum Gasteiger partial charge on any atom is 0.306 e. The molecule has 0 aliphatic heterocycles. The van der Waals surface area contributed by atoms with Gasteiger partial charge in [-0.3, -0.25) is 14.4 Å². The highest BCUT2D eigenvalue weighted by Crippen LogP contribution is 2.19. The predicted molar refractivity (Wildman–Crippen MR) is 344 cm³/mol. The minimum Gasteiger partial charge on any atom is -0.462 e. The Balaban J connectivity index is 4.15. The van der Waals surface area contributed by atoms with Crippen molar-refractivity contribution in [1.82, 2.24) is 0 Å². The van der Waals surface area contributed by atoms with Gasteiger partial charge >= 0.3 is 17.9 Å². The quantitative estimate of drug-likeness (QED) is 0.0261. The first kappa shape index (κ1) is 77.2. The summed E-state index contributed by atoms with van der Waals surface area (Å²) < 4.78 is 17.0. The zero-order valence-corrected chi connectivity index (χ0v) is 53.9. The summed E-state index contributed by atoms with van der Waals surface area (Å²) in [5.74, 6) is -0.831. The van der Waals surface area contributed by atoms with E-state index in [-0.39, 0.29) is 31.1 Å². The molecule has 0 saturated heterocycles. The predicted octanol–water partition coefficient (Wildman–Crippen LogP) is 24.8. The molecule has 0 aromatic heterocycles. The fourth-order valence-electron chi connectivity index (χ4n) is 11.3. The van der Waals surface area contributed by atoms with E-state index in [1.165, 1.54) is 321 Å². The third-order valence-corrected chi connectivity index (χ3v) is 16.8. The topological polar surface area (TPSA) is 78.9 Å². The van der Waals surface area contributed by atoms with Crippen molar-refractivity contribution in [2.75, 3.05) is 13.2 Å². The molecule has 6 heteroatoms. The SMILES string of the molecule is CCCCCCCCCC/C=C\CCCCCCCCCCCC(=O)OC(COC(=O)CCCCCCCCCCCCCC)COC(=O)CCCCCCCCCCCCCCCCCCCCCCCCCCCCCC. The molecule has 0 aromatic carbocycles. The number of hydrogen-bond acceptors (Lipinski definition) is 6. The second-order valence-electron chi connectivity index (χ2n) is 24.9. The van der Waals surface area contributed by atoms with E-state index in [0.29, 0.717) is 19.3 Å². The van der Waals surface area contributed by atoms with Crippen molar-refractivity contribution in [1.29, 1.82) is 0 Å². The molecule has 468 valence electrons. The maximum atomic E-state index is 12.9. The Morgan fingerprint density at radius 1 is 0.241 bits per heavy atom. The number of esters is 3. The lowest BCUT2D eigenvalue weighted by atomic mass is 10.0. The Hall–Kier alpha value is -1.85. The lowest BCUT2D eigenvalue weighted by Gasteiger charge is -2.18. The lowest BCUT2D eigenvalue weighted by molar-refractivity contribution is -0.167. The molecule has 0 aliphatic carbocycles. The van der Waals surface area contributed by atoms with Crippen LogP contribution in [0.1, 0.15) is 419 Å². The summed E-state index contributed by atoms with van der Waals surface area (Å²) in [5, 5.41) is 0. The molecule has 0 bridgehead atoms. The van der Waals surface area contributed by atoms with Crippen LogP contribution in [-0.2, 0) is 28.6 Å². The van der Waals surface area contributed by atoms with E-state index in [1.54, 1.807) is 0 Å². The third kappa shape index (κ3) is 66.8. The van der Waals surface area contributed by atoms with Gasteiger partial charge in [-0.1, -0.05) is 367 Å². The number of carbonyl (C=O) groups excluding carboxylic acids is 3. The number of rotatable bonds is 68. The van der Waals surface area contributed by atoms with Crippen LogP contribution in [0.15, 0.2) is 12.2 Å². The zero-order valence-electron chi connectivity index (χ0n) is 53.9. The molecular formula is C73H140O6. The van der Waals surface area contributed by atoms with Crippen LogP contribution in [0.4, 0.5) is 0 Å².